The predicted molar refractivity (Wildman–Crippen MR) is 153 cm³/mol. The number of amides is 1. The molecule has 5 unspecified atom stereocenters. The van der Waals surface area contributed by atoms with Crippen LogP contribution in [-0.4, -0.2) is 71.4 Å². The van der Waals surface area contributed by atoms with E-state index >= 15 is 0 Å². The van der Waals surface area contributed by atoms with Gasteiger partial charge in [0.05, 0.1) is 17.4 Å². The van der Waals surface area contributed by atoms with Crippen LogP contribution in [-0.2, 0) is 0 Å². The van der Waals surface area contributed by atoms with Gasteiger partial charge in [0.25, 0.3) is 5.91 Å². The van der Waals surface area contributed by atoms with Gasteiger partial charge >= 0.3 is 0 Å². The molecule has 2 aliphatic carbocycles. The Hall–Kier alpha value is -2.86. The zero-order valence-electron chi connectivity index (χ0n) is 22.2. The molecule has 5 nitrogen and oxygen atoms in total. The number of hydrogen-bond donors (Lipinski definition) is 1. The number of carbonyl (C=O) groups excluding carboxylic acids is 1. The standard InChI is InChI=1S/C33H39N3O2/c37-30-17-9-16-29(31(30)32-27-14-7-8-15-28(27)33(38)34-32)36-22-20-35(21-23-36)19-18-26(24-10-3-1-4-11-24)25-12-5-2-6-13-25/h1-8,10-12,14-15,25-26,29-31,37H,9,13,16-23H2. The second-order valence-electron chi connectivity index (χ2n) is 11.3. The van der Waals surface area contributed by atoms with E-state index in [-0.39, 0.29) is 17.9 Å². The Kier molecular flexibility index (Phi) is 7.68. The number of hydrogen-bond acceptors (Lipinski definition) is 4. The van der Waals surface area contributed by atoms with Gasteiger partial charge in [0.1, 0.15) is 0 Å². The van der Waals surface area contributed by atoms with E-state index in [1.165, 1.54) is 5.56 Å². The highest BCUT2D eigenvalue weighted by atomic mass is 16.3. The van der Waals surface area contributed by atoms with Gasteiger partial charge in [0.2, 0.25) is 0 Å². The first-order valence-electron chi connectivity index (χ1n) is 14.4. The van der Waals surface area contributed by atoms with Crippen molar-refractivity contribution in [2.75, 3.05) is 32.7 Å². The highest BCUT2D eigenvalue weighted by Gasteiger charge is 2.42. The topological polar surface area (TPSA) is 56.1 Å². The normalized spacial score (nSPS) is 28.8. The molecule has 2 fully saturated rings. The van der Waals surface area contributed by atoms with E-state index < -0.39 is 6.10 Å². The third kappa shape index (κ3) is 5.20. The maximum Gasteiger partial charge on any atom is 0.277 e. The van der Waals surface area contributed by atoms with Crippen LogP contribution < -0.4 is 0 Å². The summed E-state index contributed by atoms with van der Waals surface area (Å²) in [5.74, 6) is 0.835. The molecule has 1 saturated carbocycles. The zero-order chi connectivity index (χ0) is 25.9. The smallest absolute Gasteiger partial charge is 0.277 e. The Morgan fingerprint density at radius 3 is 2.45 bits per heavy atom. The number of allylic oxidation sites excluding steroid dienone is 4. The third-order valence-electron chi connectivity index (χ3n) is 9.19. The van der Waals surface area contributed by atoms with Gasteiger partial charge in [-0.05, 0) is 62.1 Å². The summed E-state index contributed by atoms with van der Waals surface area (Å²) < 4.78 is 0. The van der Waals surface area contributed by atoms with Gasteiger partial charge in [-0.15, -0.1) is 0 Å². The fourth-order valence-electron chi connectivity index (χ4n) is 7.17. The third-order valence-corrected chi connectivity index (χ3v) is 9.19. The number of benzene rings is 2. The first kappa shape index (κ1) is 25.4. The maximum absolute atomic E-state index is 12.6. The molecule has 1 saturated heterocycles. The highest BCUT2D eigenvalue weighted by Crippen LogP contribution is 2.36. The van der Waals surface area contributed by atoms with E-state index in [9.17, 15) is 9.90 Å². The molecule has 2 aromatic rings. The molecule has 5 heteroatoms. The van der Waals surface area contributed by atoms with Crippen LogP contribution in [0.3, 0.4) is 0 Å². The van der Waals surface area contributed by atoms with Crippen molar-refractivity contribution < 1.29 is 9.90 Å². The lowest BCUT2D eigenvalue weighted by Crippen LogP contribution is -2.56. The summed E-state index contributed by atoms with van der Waals surface area (Å²) in [6.45, 7) is 5.19. The molecule has 38 heavy (non-hydrogen) atoms. The van der Waals surface area contributed by atoms with Crippen molar-refractivity contribution in [3.05, 3.63) is 95.6 Å². The lowest BCUT2D eigenvalue weighted by molar-refractivity contribution is 0.00903. The van der Waals surface area contributed by atoms with Gasteiger partial charge in [-0.2, -0.15) is 0 Å². The summed E-state index contributed by atoms with van der Waals surface area (Å²) in [5, 5.41) is 11.1. The van der Waals surface area contributed by atoms with Crippen molar-refractivity contribution in [3.63, 3.8) is 0 Å². The molecule has 0 bridgehead atoms. The molecule has 0 aromatic heterocycles. The zero-order valence-corrected chi connectivity index (χ0v) is 22.2. The van der Waals surface area contributed by atoms with E-state index in [1.54, 1.807) is 0 Å². The Bertz CT molecular complexity index is 1210. The van der Waals surface area contributed by atoms with Crippen molar-refractivity contribution >= 4 is 11.6 Å². The SMILES string of the molecule is O=C1N=C(C2C(O)CCCC2N2CCN(CCC(c3ccccc3)C3C=CC=CC3)CC2)c2ccccc21. The number of piperazine rings is 1. The van der Waals surface area contributed by atoms with Crippen molar-refractivity contribution in [1.82, 2.24) is 9.80 Å². The lowest BCUT2D eigenvalue weighted by Gasteiger charge is -2.46. The Morgan fingerprint density at radius 1 is 0.921 bits per heavy atom. The van der Waals surface area contributed by atoms with Gasteiger partial charge in [-0.25, -0.2) is 4.99 Å². The van der Waals surface area contributed by atoms with E-state index in [0.717, 1.165) is 76.1 Å². The first-order valence-corrected chi connectivity index (χ1v) is 14.4. The van der Waals surface area contributed by atoms with Gasteiger partial charge in [0.15, 0.2) is 0 Å². The molecule has 2 aliphatic heterocycles. The average Bonchev–Trinajstić information content (AvgIpc) is 3.30. The van der Waals surface area contributed by atoms with Crippen LogP contribution in [0.5, 0.6) is 0 Å². The van der Waals surface area contributed by atoms with Crippen molar-refractivity contribution in [3.8, 4) is 0 Å². The Balaban J connectivity index is 1.11. The van der Waals surface area contributed by atoms with E-state index in [1.807, 2.05) is 24.3 Å². The number of aliphatic imine (C=N–C) groups is 1. The fraction of sp³-hybridized carbons (Fsp3) is 0.455. The number of carbonyl (C=O) groups is 1. The number of fused-ring (bicyclic) bond motifs is 1. The first-order chi connectivity index (χ1) is 18.7. The van der Waals surface area contributed by atoms with Gasteiger partial charge in [-0.3, -0.25) is 9.69 Å². The van der Waals surface area contributed by atoms with Gasteiger partial charge < -0.3 is 10.0 Å². The Morgan fingerprint density at radius 2 is 1.68 bits per heavy atom. The molecule has 1 amide bonds. The minimum absolute atomic E-state index is 0.100. The van der Waals surface area contributed by atoms with Crippen LogP contribution in [0.25, 0.3) is 0 Å². The number of rotatable bonds is 7. The Labute approximate surface area is 226 Å². The minimum Gasteiger partial charge on any atom is -0.392 e. The fourth-order valence-corrected chi connectivity index (χ4v) is 7.17. The molecule has 2 aromatic carbocycles. The van der Waals surface area contributed by atoms with Crippen LogP contribution in [0.1, 0.15) is 59.5 Å². The largest absolute Gasteiger partial charge is 0.392 e. The summed E-state index contributed by atoms with van der Waals surface area (Å²) in [6, 6.07) is 19.0. The second kappa shape index (κ2) is 11.5. The predicted octanol–water partition coefficient (Wildman–Crippen LogP) is 5.08. The number of nitrogens with zero attached hydrogens (tertiary/aromatic N) is 3. The van der Waals surface area contributed by atoms with Crippen LogP contribution >= 0.6 is 0 Å². The molecule has 0 radical (unpaired) electrons. The molecule has 0 spiro atoms. The molecule has 1 N–H and O–H groups in total. The summed E-state index contributed by atoms with van der Waals surface area (Å²) >= 11 is 0. The maximum atomic E-state index is 12.6. The average molecular weight is 510 g/mol. The lowest BCUT2D eigenvalue weighted by atomic mass is 9.76. The van der Waals surface area contributed by atoms with E-state index in [2.05, 4.69) is 69.4 Å². The monoisotopic (exact) mass is 509 g/mol. The summed E-state index contributed by atoms with van der Waals surface area (Å²) in [4.78, 5) is 22.3. The second-order valence-corrected chi connectivity index (χ2v) is 11.3. The highest BCUT2D eigenvalue weighted by molar-refractivity contribution is 6.22. The molecule has 5 atom stereocenters. The van der Waals surface area contributed by atoms with Gasteiger partial charge in [0, 0.05) is 43.7 Å². The summed E-state index contributed by atoms with van der Waals surface area (Å²) in [7, 11) is 0. The van der Waals surface area contributed by atoms with Gasteiger partial charge in [-0.1, -0.05) is 72.8 Å². The quantitative estimate of drug-likeness (QED) is 0.565. The molecular formula is C33H39N3O2. The van der Waals surface area contributed by atoms with Crippen molar-refractivity contribution in [1.29, 1.82) is 0 Å². The number of aliphatic hydroxyl groups is 1. The molecular weight excluding hydrogens is 470 g/mol. The minimum atomic E-state index is -0.450. The van der Waals surface area contributed by atoms with E-state index in [0.29, 0.717) is 17.4 Å². The summed E-state index contributed by atoms with van der Waals surface area (Å²) in [6.07, 6.45) is 13.7. The number of aliphatic hydroxyl groups excluding tert-OH is 1. The van der Waals surface area contributed by atoms with Crippen LogP contribution in [0.15, 0.2) is 83.9 Å². The molecule has 6 rings (SSSR count). The van der Waals surface area contributed by atoms with Crippen LogP contribution in [0.2, 0.25) is 0 Å². The molecule has 4 aliphatic rings. The molecule has 198 valence electrons. The van der Waals surface area contributed by atoms with Crippen molar-refractivity contribution in [2.24, 2.45) is 16.8 Å². The van der Waals surface area contributed by atoms with E-state index in [4.69, 9.17) is 0 Å². The van der Waals surface area contributed by atoms with Crippen LogP contribution in [0.4, 0.5) is 0 Å². The summed E-state index contributed by atoms with van der Waals surface area (Å²) in [5.41, 5.74) is 3.86. The van der Waals surface area contributed by atoms with Crippen LogP contribution in [0, 0.1) is 11.8 Å². The molecule has 2 heterocycles. The van der Waals surface area contributed by atoms with Crippen molar-refractivity contribution in [2.45, 2.75) is 50.2 Å².